The van der Waals surface area contributed by atoms with Crippen LogP contribution < -0.4 is 4.74 Å². The Kier molecular flexibility index (Phi) is 8.08. The predicted octanol–water partition coefficient (Wildman–Crippen LogP) is 6.71. The minimum absolute atomic E-state index is 0.0260. The quantitative estimate of drug-likeness (QED) is 0.397. The van der Waals surface area contributed by atoms with Gasteiger partial charge in [-0.25, -0.2) is 0 Å². The summed E-state index contributed by atoms with van der Waals surface area (Å²) in [6.45, 7) is 13.7. The molecule has 0 amide bonds. The molecule has 2 N–H and O–H groups in total. The molecule has 2 aromatic rings. The number of aliphatic hydroxyl groups excluding tert-OH is 1. The van der Waals surface area contributed by atoms with Crippen LogP contribution in [-0.4, -0.2) is 35.1 Å². The van der Waals surface area contributed by atoms with Gasteiger partial charge in [0.05, 0.1) is 18.3 Å². The number of aromatic hydroxyl groups is 1. The zero-order chi connectivity index (χ0) is 24.3. The van der Waals surface area contributed by atoms with E-state index in [1.807, 2.05) is 31.2 Å². The van der Waals surface area contributed by atoms with E-state index in [2.05, 4.69) is 52.8 Å². The van der Waals surface area contributed by atoms with E-state index in [1.165, 1.54) is 10.5 Å². The molecular formula is C28H40O4S. The Balaban J connectivity index is 1.88. The maximum absolute atomic E-state index is 11.1. The van der Waals surface area contributed by atoms with Gasteiger partial charge in [0.15, 0.2) is 11.5 Å². The number of thioether (sulfide) groups is 1. The van der Waals surface area contributed by atoms with Gasteiger partial charge < -0.3 is 19.7 Å². The molecule has 2 aromatic carbocycles. The number of aliphatic hydroxyl groups is 1. The minimum atomic E-state index is -0.463. The van der Waals surface area contributed by atoms with Crippen molar-refractivity contribution in [3.63, 3.8) is 0 Å². The molecular weight excluding hydrogens is 432 g/mol. The number of benzene rings is 2. The standard InChI is InChI=1S/C28H40O4S/c1-26(2,3)18-27(4,5)21-14-20(17-33-23-10-8-7-9-11-23)25(30)24(15-21)31-19-28(6)13-12-22(16-29)32-28/h7-11,14-15,22,29-30H,12-13,16-19H2,1-6H3. The first-order valence-electron chi connectivity index (χ1n) is 11.9. The van der Waals surface area contributed by atoms with Gasteiger partial charge in [0, 0.05) is 16.2 Å². The molecule has 3 rings (SSSR count). The van der Waals surface area contributed by atoms with E-state index in [0.29, 0.717) is 18.1 Å². The van der Waals surface area contributed by atoms with Gasteiger partial charge in [-0.15, -0.1) is 11.8 Å². The van der Waals surface area contributed by atoms with Crippen molar-refractivity contribution in [1.82, 2.24) is 0 Å². The average Bonchev–Trinajstić information content (AvgIpc) is 3.12. The predicted molar refractivity (Wildman–Crippen MR) is 136 cm³/mol. The SMILES string of the molecule is CC(C)(C)CC(C)(C)c1cc(CSc2ccccc2)c(O)c(OCC2(C)CCC(CO)O2)c1. The van der Waals surface area contributed by atoms with Crippen molar-refractivity contribution < 1.29 is 19.7 Å². The van der Waals surface area contributed by atoms with Crippen LogP contribution in [0.15, 0.2) is 47.4 Å². The van der Waals surface area contributed by atoms with Crippen LogP contribution in [0.25, 0.3) is 0 Å². The van der Waals surface area contributed by atoms with Crippen molar-refractivity contribution in [2.75, 3.05) is 13.2 Å². The van der Waals surface area contributed by atoms with Crippen LogP contribution >= 0.6 is 11.8 Å². The molecule has 1 heterocycles. The zero-order valence-electron chi connectivity index (χ0n) is 21.0. The molecule has 0 aromatic heterocycles. The van der Waals surface area contributed by atoms with Crippen LogP contribution in [-0.2, 0) is 15.9 Å². The van der Waals surface area contributed by atoms with E-state index in [9.17, 15) is 10.2 Å². The van der Waals surface area contributed by atoms with Crippen molar-refractivity contribution in [3.8, 4) is 11.5 Å². The van der Waals surface area contributed by atoms with Crippen molar-refractivity contribution in [2.24, 2.45) is 5.41 Å². The Hall–Kier alpha value is -1.69. The molecule has 0 saturated carbocycles. The molecule has 1 saturated heterocycles. The zero-order valence-corrected chi connectivity index (χ0v) is 21.8. The van der Waals surface area contributed by atoms with Crippen LogP contribution in [0.5, 0.6) is 11.5 Å². The number of hydrogen-bond acceptors (Lipinski definition) is 5. The maximum Gasteiger partial charge on any atom is 0.161 e. The molecule has 5 heteroatoms. The molecule has 182 valence electrons. The molecule has 4 nitrogen and oxygen atoms in total. The maximum atomic E-state index is 11.1. The van der Waals surface area contributed by atoms with Gasteiger partial charge in [-0.05, 0) is 60.8 Å². The topological polar surface area (TPSA) is 58.9 Å². The van der Waals surface area contributed by atoms with Crippen LogP contribution in [0.3, 0.4) is 0 Å². The Morgan fingerprint density at radius 3 is 2.42 bits per heavy atom. The van der Waals surface area contributed by atoms with Crippen LogP contribution in [0.4, 0.5) is 0 Å². The summed E-state index contributed by atoms with van der Waals surface area (Å²) in [4.78, 5) is 1.17. The fourth-order valence-electron chi connectivity index (χ4n) is 4.83. The molecule has 1 aliphatic heterocycles. The van der Waals surface area contributed by atoms with Crippen molar-refractivity contribution in [1.29, 1.82) is 0 Å². The first-order valence-corrected chi connectivity index (χ1v) is 12.9. The second-order valence-corrected chi connectivity index (χ2v) is 12.5. The van der Waals surface area contributed by atoms with Gasteiger partial charge in [0.1, 0.15) is 6.61 Å². The van der Waals surface area contributed by atoms with E-state index in [0.717, 1.165) is 24.8 Å². The van der Waals surface area contributed by atoms with E-state index in [-0.39, 0.29) is 29.3 Å². The highest BCUT2D eigenvalue weighted by Gasteiger charge is 2.37. The Bertz CT molecular complexity index is 919. The third kappa shape index (κ3) is 7.14. The fourth-order valence-corrected chi connectivity index (χ4v) is 5.73. The molecule has 2 unspecified atom stereocenters. The molecule has 1 fully saturated rings. The summed E-state index contributed by atoms with van der Waals surface area (Å²) >= 11 is 1.71. The van der Waals surface area contributed by atoms with Gasteiger partial charge in [-0.3, -0.25) is 0 Å². The molecule has 1 aliphatic rings. The highest BCUT2D eigenvalue weighted by Crippen LogP contribution is 2.43. The summed E-state index contributed by atoms with van der Waals surface area (Å²) in [6, 6.07) is 14.4. The van der Waals surface area contributed by atoms with Gasteiger partial charge in [0.25, 0.3) is 0 Å². The van der Waals surface area contributed by atoms with Crippen molar-refractivity contribution in [3.05, 3.63) is 53.6 Å². The number of phenolic OH excluding ortho intramolecular Hbond substituents is 1. The fraction of sp³-hybridized carbons (Fsp3) is 0.571. The summed E-state index contributed by atoms with van der Waals surface area (Å²) in [5.41, 5.74) is 1.68. The lowest BCUT2D eigenvalue weighted by atomic mass is 9.72. The van der Waals surface area contributed by atoms with Crippen molar-refractivity contribution in [2.45, 2.75) is 88.6 Å². The Morgan fingerprint density at radius 2 is 1.82 bits per heavy atom. The first kappa shape index (κ1) is 25.9. The minimum Gasteiger partial charge on any atom is -0.504 e. The third-order valence-corrected chi connectivity index (χ3v) is 7.29. The molecule has 33 heavy (non-hydrogen) atoms. The summed E-state index contributed by atoms with van der Waals surface area (Å²) in [7, 11) is 0. The number of hydrogen-bond donors (Lipinski definition) is 2. The molecule has 0 aliphatic carbocycles. The Morgan fingerprint density at radius 1 is 1.12 bits per heavy atom. The number of ether oxygens (including phenoxy) is 2. The van der Waals surface area contributed by atoms with E-state index >= 15 is 0 Å². The monoisotopic (exact) mass is 472 g/mol. The second-order valence-electron chi connectivity index (χ2n) is 11.4. The van der Waals surface area contributed by atoms with E-state index in [4.69, 9.17) is 9.47 Å². The normalized spacial score (nSPS) is 21.4. The molecule has 0 bridgehead atoms. The van der Waals surface area contributed by atoms with E-state index < -0.39 is 5.60 Å². The lowest BCUT2D eigenvalue weighted by Gasteiger charge is -2.34. The van der Waals surface area contributed by atoms with Gasteiger partial charge in [-0.1, -0.05) is 58.9 Å². The van der Waals surface area contributed by atoms with Crippen LogP contribution in [0, 0.1) is 5.41 Å². The molecule has 0 radical (unpaired) electrons. The lowest BCUT2D eigenvalue weighted by Crippen LogP contribution is -2.33. The average molecular weight is 473 g/mol. The second kappa shape index (κ2) is 10.3. The summed E-state index contributed by atoms with van der Waals surface area (Å²) in [5, 5.41) is 20.6. The summed E-state index contributed by atoms with van der Waals surface area (Å²) in [6.07, 6.45) is 2.52. The summed E-state index contributed by atoms with van der Waals surface area (Å²) in [5.74, 6) is 1.37. The largest absolute Gasteiger partial charge is 0.504 e. The van der Waals surface area contributed by atoms with Crippen LogP contribution in [0.1, 0.15) is 71.9 Å². The van der Waals surface area contributed by atoms with E-state index in [1.54, 1.807) is 11.8 Å². The first-order chi connectivity index (χ1) is 15.4. The highest BCUT2D eigenvalue weighted by atomic mass is 32.2. The highest BCUT2D eigenvalue weighted by molar-refractivity contribution is 7.98. The summed E-state index contributed by atoms with van der Waals surface area (Å²) < 4.78 is 12.2. The van der Waals surface area contributed by atoms with Crippen molar-refractivity contribution >= 4 is 11.8 Å². The smallest absolute Gasteiger partial charge is 0.161 e. The lowest BCUT2D eigenvalue weighted by molar-refractivity contribution is -0.0696. The van der Waals surface area contributed by atoms with Crippen LogP contribution in [0.2, 0.25) is 0 Å². The van der Waals surface area contributed by atoms with Gasteiger partial charge >= 0.3 is 0 Å². The van der Waals surface area contributed by atoms with Gasteiger partial charge in [-0.2, -0.15) is 0 Å². The number of rotatable bonds is 9. The van der Waals surface area contributed by atoms with Gasteiger partial charge in [0.2, 0.25) is 0 Å². The molecule has 0 spiro atoms. The number of phenols is 1. The third-order valence-electron chi connectivity index (χ3n) is 6.23. The molecule has 2 atom stereocenters. The Labute approximate surface area is 203 Å².